The van der Waals surface area contributed by atoms with Crippen LogP contribution in [0.5, 0.6) is 0 Å². The average Bonchev–Trinajstić information content (AvgIpc) is 2.97. The number of amides is 2. The topological polar surface area (TPSA) is 122 Å². The van der Waals surface area contributed by atoms with Crippen molar-refractivity contribution in [1.82, 2.24) is 0 Å². The van der Waals surface area contributed by atoms with Gasteiger partial charge in [0.1, 0.15) is 5.76 Å². The molecule has 0 aliphatic carbocycles. The number of ether oxygens (including phenoxy) is 1. The normalized spacial score (nSPS) is 15.1. The summed E-state index contributed by atoms with van der Waals surface area (Å²) in [7, 11) is 0. The number of hydrogen-bond acceptors (Lipinski definition) is 6. The predicted molar refractivity (Wildman–Crippen MR) is 125 cm³/mol. The van der Waals surface area contributed by atoms with Crippen molar-refractivity contribution >= 4 is 63.9 Å². The fraction of sp³-hybridized carbons (Fsp3) is 0.217. The van der Waals surface area contributed by atoms with E-state index in [2.05, 4.69) is 10.6 Å². The smallest absolute Gasteiger partial charge is 0.338 e. The van der Waals surface area contributed by atoms with Gasteiger partial charge < -0.3 is 20.5 Å². The van der Waals surface area contributed by atoms with Gasteiger partial charge in [-0.25, -0.2) is 4.79 Å². The third kappa shape index (κ3) is 5.91. The van der Waals surface area contributed by atoms with E-state index in [-0.39, 0.29) is 48.9 Å². The molecule has 0 aromatic heterocycles. The van der Waals surface area contributed by atoms with Gasteiger partial charge in [-0.3, -0.25) is 14.4 Å². The zero-order chi connectivity index (χ0) is 24.1. The maximum atomic E-state index is 11.7. The van der Waals surface area contributed by atoms with Gasteiger partial charge in [0.15, 0.2) is 5.78 Å². The second-order valence-corrected chi connectivity index (χ2v) is 8.00. The molecule has 3 N–H and O–H groups in total. The lowest BCUT2D eigenvalue weighted by Gasteiger charge is -2.08. The Labute approximate surface area is 199 Å². The fourth-order valence-electron chi connectivity index (χ4n) is 3.25. The van der Waals surface area contributed by atoms with E-state index in [1.807, 2.05) is 0 Å². The minimum atomic E-state index is -0.696. The summed E-state index contributed by atoms with van der Waals surface area (Å²) in [5.74, 6) is -1.52. The summed E-state index contributed by atoms with van der Waals surface area (Å²) < 4.78 is 4.83. The molecule has 2 heterocycles. The molecular weight excluding hydrogens is 471 g/mol. The summed E-state index contributed by atoms with van der Waals surface area (Å²) in [4.78, 5) is 46.2. The largest absolute Gasteiger partial charge is 0.507 e. The van der Waals surface area contributed by atoms with Crippen molar-refractivity contribution in [2.75, 3.05) is 17.2 Å². The minimum absolute atomic E-state index is 0.0185. The molecule has 0 atom stereocenters. The molecule has 0 radical (unpaired) electrons. The Bertz CT molecular complexity index is 1180. The van der Waals surface area contributed by atoms with Crippen LogP contribution >= 0.6 is 23.2 Å². The Balaban J connectivity index is 0.000000194. The van der Waals surface area contributed by atoms with Crippen molar-refractivity contribution in [2.45, 2.75) is 26.2 Å². The van der Waals surface area contributed by atoms with Crippen molar-refractivity contribution in [3.8, 4) is 0 Å². The van der Waals surface area contributed by atoms with Crippen LogP contribution in [0.1, 0.15) is 42.1 Å². The summed E-state index contributed by atoms with van der Waals surface area (Å²) in [5, 5.41) is 16.3. The summed E-state index contributed by atoms with van der Waals surface area (Å²) in [6.45, 7) is 1.82. The number of hydrogen-bond donors (Lipinski definition) is 3. The third-order valence-corrected chi connectivity index (χ3v) is 5.26. The van der Waals surface area contributed by atoms with Crippen molar-refractivity contribution in [2.24, 2.45) is 0 Å². The van der Waals surface area contributed by atoms with Gasteiger partial charge in [0, 0.05) is 34.0 Å². The van der Waals surface area contributed by atoms with Crippen LogP contribution in [0.3, 0.4) is 0 Å². The summed E-state index contributed by atoms with van der Waals surface area (Å²) >= 11 is 11.6. The molecule has 0 fully saturated rings. The zero-order valence-corrected chi connectivity index (χ0v) is 19.0. The van der Waals surface area contributed by atoms with Crippen LogP contribution in [-0.2, 0) is 19.1 Å². The monoisotopic (exact) mass is 490 g/mol. The number of benzene rings is 2. The molecule has 0 saturated heterocycles. The Kier molecular flexibility index (Phi) is 7.73. The van der Waals surface area contributed by atoms with E-state index >= 15 is 0 Å². The predicted octanol–water partition coefficient (Wildman–Crippen LogP) is 4.77. The van der Waals surface area contributed by atoms with Gasteiger partial charge in [-0.2, -0.15) is 0 Å². The Morgan fingerprint density at radius 3 is 2.15 bits per heavy atom. The van der Waals surface area contributed by atoms with Gasteiger partial charge in [0.2, 0.25) is 11.8 Å². The fourth-order valence-corrected chi connectivity index (χ4v) is 3.60. The van der Waals surface area contributed by atoms with E-state index in [1.54, 1.807) is 31.2 Å². The molecule has 2 aromatic carbocycles. The quantitative estimate of drug-likeness (QED) is 0.521. The van der Waals surface area contributed by atoms with Crippen molar-refractivity contribution in [1.29, 1.82) is 0 Å². The number of anilines is 2. The van der Waals surface area contributed by atoms with Gasteiger partial charge in [-0.1, -0.05) is 23.2 Å². The first-order chi connectivity index (χ1) is 15.7. The summed E-state index contributed by atoms with van der Waals surface area (Å²) in [5.41, 5.74) is 1.72. The average molecular weight is 491 g/mol. The molecule has 2 aromatic rings. The first-order valence-electron chi connectivity index (χ1n) is 10.0. The lowest BCUT2D eigenvalue weighted by Crippen LogP contribution is -2.15. The summed E-state index contributed by atoms with van der Waals surface area (Å²) in [6, 6.07) is 9.51. The van der Waals surface area contributed by atoms with E-state index in [1.165, 1.54) is 12.1 Å². The second-order valence-electron chi connectivity index (χ2n) is 7.12. The molecule has 2 aliphatic rings. The molecule has 33 heavy (non-hydrogen) atoms. The highest BCUT2D eigenvalue weighted by atomic mass is 35.5. The number of nitrogens with one attached hydrogen (secondary N) is 2. The summed E-state index contributed by atoms with van der Waals surface area (Å²) in [6.07, 6.45) is 0.266. The highest BCUT2D eigenvalue weighted by Crippen LogP contribution is 2.32. The van der Waals surface area contributed by atoms with Crippen LogP contribution < -0.4 is 10.6 Å². The number of carbonyl (C=O) groups is 4. The van der Waals surface area contributed by atoms with Crippen LogP contribution in [0.2, 0.25) is 10.0 Å². The number of halogens is 2. The molecule has 0 spiro atoms. The van der Waals surface area contributed by atoms with Gasteiger partial charge >= 0.3 is 5.97 Å². The van der Waals surface area contributed by atoms with Gasteiger partial charge in [-0.05, 0) is 43.3 Å². The van der Waals surface area contributed by atoms with E-state index in [4.69, 9.17) is 27.9 Å². The molecule has 4 rings (SSSR count). The van der Waals surface area contributed by atoms with E-state index in [9.17, 15) is 24.3 Å². The van der Waals surface area contributed by atoms with Crippen LogP contribution in [0.4, 0.5) is 11.4 Å². The van der Waals surface area contributed by atoms with E-state index < -0.39 is 11.9 Å². The van der Waals surface area contributed by atoms with Crippen LogP contribution in [0, 0.1) is 0 Å². The van der Waals surface area contributed by atoms with Crippen LogP contribution in [0.25, 0.3) is 5.76 Å². The molecule has 2 amide bonds. The Hall–Kier alpha value is -3.36. The number of aliphatic hydroxyl groups is 1. The Morgan fingerprint density at radius 2 is 1.52 bits per heavy atom. The first-order valence-corrected chi connectivity index (χ1v) is 10.8. The lowest BCUT2D eigenvalue weighted by atomic mass is 10.1. The van der Waals surface area contributed by atoms with Crippen molar-refractivity contribution in [3.05, 3.63) is 63.1 Å². The highest BCUT2D eigenvalue weighted by molar-refractivity contribution is 6.31. The maximum absolute atomic E-state index is 11.7. The number of fused-ring (bicyclic) bond motifs is 2. The molecule has 0 unspecified atom stereocenters. The van der Waals surface area contributed by atoms with E-state index in [0.29, 0.717) is 32.5 Å². The van der Waals surface area contributed by atoms with Gasteiger partial charge in [-0.15, -0.1) is 0 Å². The number of Topliss-reactive ketones (excluding diaryl/α,β-unsaturated/α-hetero) is 1. The number of aliphatic hydroxyl groups excluding tert-OH is 1. The molecule has 8 nitrogen and oxygen atoms in total. The Morgan fingerprint density at radius 1 is 0.939 bits per heavy atom. The van der Waals surface area contributed by atoms with E-state index in [0.717, 1.165) is 0 Å². The van der Waals surface area contributed by atoms with Gasteiger partial charge in [0.25, 0.3) is 0 Å². The maximum Gasteiger partial charge on any atom is 0.338 e. The molecular formula is C23H20Cl2N2O6. The number of esters is 1. The van der Waals surface area contributed by atoms with Gasteiger partial charge in [0.05, 0.1) is 30.0 Å². The molecule has 172 valence electrons. The lowest BCUT2D eigenvalue weighted by molar-refractivity contribution is -0.139. The SMILES string of the molecule is CCOC(=O)C1=C(O)c2ccc(Cl)cc2NC(=O)C1.O=C1CCC(=O)c2ccc(Cl)cc2N1. The zero-order valence-electron chi connectivity index (χ0n) is 17.5. The number of ketones is 1. The molecule has 10 heteroatoms. The molecule has 2 aliphatic heterocycles. The molecule has 0 bridgehead atoms. The van der Waals surface area contributed by atoms with Crippen molar-refractivity contribution < 1.29 is 29.0 Å². The van der Waals surface area contributed by atoms with Crippen LogP contribution in [-0.4, -0.2) is 35.3 Å². The first kappa shape index (κ1) is 24.3. The number of rotatable bonds is 2. The standard InChI is InChI=1S/C13H12ClNO4.C10H8ClNO2/c1-2-19-13(18)9-6-11(16)15-10-5-7(14)3-4-8(10)12(9)17;11-6-1-2-7-8(5-6)12-10(14)4-3-9(7)13/h3-5,17H,2,6H2,1H3,(H,15,16);1-2,5H,3-4H2,(H,12,14). The van der Waals surface area contributed by atoms with Crippen LogP contribution in [0.15, 0.2) is 42.0 Å². The third-order valence-electron chi connectivity index (χ3n) is 4.79. The van der Waals surface area contributed by atoms with Crippen molar-refractivity contribution in [3.63, 3.8) is 0 Å². The minimum Gasteiger partial charge on any atom is -0.507 e. The highest BCUT2D eigenvalue weighted by Gasteiger charge is 2.26. The number of carbonyl (C=O) groups excluding carboxylic acids is 4. The molecule has 0 saturated carbocycles. The second kappa shape index (κ2) is 10.5.